The number of nitrogens with one attached hydrogen (secondary N) is 2. The molecule has 0 spiro atoms. The first-order valence-corrected chi connectivity index (χ1v) is 8.21. The van der Waals surface area contributed by atoms with E-state index in [1.165, 1.54) is 0 Å². The second-order valence-corrected chi connectivity index (χ2v) is 6.09. The molecule has 0 saturated carbocycles. The Morgan fingerprint density at radius 2 is 2.13 bits per heavy atom. The van der Waals surface area contributed by atoms with E-state index in [0.29, 0.717) is 16.5 Å². The van der Waals surface area contributed by atoms with Crippen LogP contribution in [-0.4, -0.2) is 22.7 Å². The van der Waals surface area contributed by atoms with Gasteiger partial charge in [-0.2, -0.15) is 16.4 Å². The maximum absolute atomic E-state index is 12.1. The fourth-order valence-corrected chi connectivity index (χ4v) is 2.81. The highest BCUT2D eigenvalue weighted by Crippen LogP contribution is 2.29. The van der Waals surface area contributed by atoms with Crippen LogP contribution in [0.3, 0.4) is 0 Å². The van der Waals surface area contributed by atoms with Gasteiger partial charge in [-0.1, -0.05) is 11.6 Å². The second kappa shape index (κ2) is 6.85. The van der Waals surface area contributed by atoms with Gasteiger partial charge < -0.3 is 10.1 Å². The van der Waals surface area contributed by atoms with Gasteiger partial charge in [-0.15, -0.1) is 0 Å². The van der Waals surface area contributed by atoms with Crippen molar-refractivity contribution >= 4 is 34.5 Å². The number of carbonyl (C=O) groups is 1. The molecule has 2 aromatic heterocycles. The van der Waals surface area contributed by atoms with E-state index in [9.17, 15) is 4.79 Å². The Bertz CT molecular complexity index is 797. The van der Waals surface area contributed by atoms with Gasteiger partial charge in [0.2, 0.25) is 0 Å². The molecule has 23 heavy (non-hydrogen) atoms. The molecule has 0 unspecified atom stereocenters. The van der Waals surface area contributed by atoms with Crippen LogP contribution in [-0.2, 0) is 4.79 Å². The lowest BCUT2D eigenvalue weighted by Gasteiger charge is -2.08. The van der Waals surface area contributed by atoms with E-state index in [2.05, 4.69) is 15.5 Å². The molecule has 1 amide bonds. The highest BCUT2D eigenvalue weighted by molar-refractivity contribution is 7.08. The molecule has 3 rings (SSSR count). The summed E-state index contributed by atoms with van der Waals surface area (Å²) >= 11 is 7.39. The number of amides is 1. The molecule has 0 fully saturated rings. The Hall–Kier alpha value is -2.31. The number of hydrogen-bond donors (Lipinski definition) is 2. The van der Waals surface area contributed by atoms with Gasteiger partial charge in [-0.3, -0.25) is 9.89 Å². The number of ether oxygens (including phenoxy) is 1. The third kappa shape index (κ3) is 3.72. The molecule has 0 aliphatic heterocycles. The minimum Gasteiger partial charge on any atom is -0.484 e. The summed E-state index contributed by atoms with van der Waals surface area (Å²) in [5.41, 5.74) is 3.16. The van der Waals surface area contributed by atoms with Crippen molar-refractivity contribution in [3.63, 3.8) is 0 Å². The first-order chi connectivity index (χ1) is 11.1. The summed E-state index contributed by atoms with van der Waals surface area (Å²) in [5.74, 6) is 0.340. The first kappa shape index (κ1) is 15.6. The van der Waals surface area contributed by atoms with Crippen LogP contribution < -0.4 is 10.1 Å². The quantitative estimate of drug-likeness (QED) is 0.729. The van der Waals surface area contributed by atoms with Gasteiger partial charge in [0.1, 0.15) is 11.4 Å². The maximum atomic E-state index is 12.1. The molecule has 2 N–H and O–H groups in total. The van der Waals surface area contributed by atoms with E-state index in [-0.39, 0.29) is 12.5 Å². The number of anilines is 1. The normalized spacial score (nSPS) is 10.5. The zero-order valence-electron chi connectivity index (χ0n) is 12.3. The van der Waals surface area contributed by atoms with Crippen molar-refractivity contribution in [1.82, 2.24) is 10.2 Å². The summed E-state index contributed by atoms with van der Waals surface area (Å²) in [5, 5.41) is 14.6. The van der Waals surface area contributed by atoms with Gasteiger partial charge in [0, 0.05) is 16.0 Å². The number of nitrogens with zero attached hydrogens (tertiary/aromatic N) is 1. The molecule has 7 heteroatoms. The van der Waals surface area contributed by atoms with Crippen molar-refractivity contribution in [2.45, 2.75) is 6.92 Å². The molecular weight excluding hydrogens is 334 g/mol. The molecular formula is C16H14ClN3O2S. The predicted molar refractivity (Wildman–Crippen MR) is 92.2 cm³/mol. The lowest BCUT2D eigenvalue weighted by Crippen LogP contribution is -2.20. The molecule has 0 saturated heterocycles. The number of rotatable bonds is 5. The summed E-state index contributed by atoms with van der Waals surface area (Å²) in [4.78, 5) is 12.1. The summed E-state index contributed by atoms with van der Waals surface area (Å²) in [6.45, 7) is 1.77. The van der Waals surface area contributed by atoms with Crippen LogP contribution in [0.1, 0.15) is 5.69 Å². The number of halogens is 1. The average molecular weight is 348 g/mol. The number of thiophene rings is 1. The number of H-pyrrole nitrogens is 1. The Labute approximate surface area is 142 Å². The lowest BCUT2D eigenvalue weighted by molar-refractivity contribution is -0.118. The van der Waals surface area contributed by atoms with Crippen molar-refractivity contribution in [2.24, 2.45) is 0 Å². The van der Waals surface area contributed by atoms with Gasteiger partial charge in [-0.25, -0.2) is 0 Å². The standard InChI is InChI=1S/C16H14ClN3O2S/c1-10-15(16(20-19-10)11-6-7-23-9-11)18-14(21)8-22-13-4-2-12(17)3-5-13/h2-7,9H,8H2,1H3,(H,18,21)(H,19,20). The SMILES string of the molecule is Cc1[nH]nc(-c2ccsc2)c1NC(=O)COc1ccc(Cl)cc1. The van der Waals surface area contributed by atoms with Gasteiger partial charge >= 0.3 is 0 Å². The van der Waals surface area contributed by atoms with E-state index in [4.69, 9.17) is 16.3 Å². The zero-order chi connectivity index (χ0) is 16.2. The van der Waals surface area contributed by atoms with E-state index in [1.54, 1.807) is 35.6 Å². The van der Waals surface area contributed by atoms with Crippen molar-refractivity contribution in [2.75, 3.05) is 11.9 Å². The number of aryl methyl sites for hydroxylation is 1. The van der Waals surface area contributed by atoms with Crippen LogP contribution in [0.5, 0.6) is 5.75 Å². The minimum absolute atomic E-state index is 0.0880. The Kier molecular flexibility index (Phi) is 4.64. The topological polar surface area (TPSA) is 67.0 Å². The van der Waals surface area contributed by atoms with E-state index >= 15 is 0 Å². The average Bonchev–Trinajstić information content (AvgIpc) is 3.18. The Morgan fingerprint density at radius 3 is 2.83 bits per heavy atom. The van der Waals surface area contributed by atoms with Gasteiger partial charge in [0.25, 0.3) is 5.91 Å². The van der Waals surface area contributed by atoms with E-state index in [0.717, 1.165) is 17.0 Å². The molecule has 0 aliphatic rings. The van der Waals surface area contributed by atoms with Gasteiger partial charge in [0.05, 0.1) is 11.4 Å². The van der Waals surface area contributed by atoms with Crippen LogP contribution in [0.2, 0.25) is 5.02 Å². The third-order valence-electron chi connectivity index (χ3n) is 3.19. The smallest absolute Gasteiger partial charge is 0.262 e. The number of carbonyl (C=O) groups excluding carboxylic acids is 1. The fraction of sp³-hybridized carbons (Fsp3) is 0.125. The highest BCUT2D eigenvalue weighted by Gasteiger charge is 2.15. The van der Waals surface area contributed by atoms with E-state index < -0.39 is 0 Å². The number of hydrogen-bond acceptors (Lipinski definition) is 4. The third-order valence-corrected chi connectivity index (χ3v) is 4.13. The molecule has 2 heterocycles. The fourth-order valence-electron chi connectivity index (χ4n) is 2.05. The monoisotopic (exact) mass is 347 g/mol. The molecule has 0 bridgehead atoms. The van der Waals surface area contributed by atoms with Gasteiger partial charge in [-0.05, 0) is 42.6 Å². The maximum Gasteiger partial charge on any atom is 0.262 e. The molecule has 118 valence electrons. The molecule has 0 aliphatic carbocycles. The summed E-state index contributed by atoms with van der Waals surface area (Å²) in [6, 6.07) is 8.82. The number of aromatic amines is 1. The molecule has 0 radical (unpaired) electrons. The lowest BCUT2D eigenvalue weighted by atomic mass is 10.2. The minimum atomic E-state index is -0.249. The number of aromatic nitrogens is 2. The number of benzene rings is 1. The Morgan fingerprint density at radius 1 is 1.35 bits per heavy atom. The van der Waals surface area contributed by atoms with Crippen LogP contribution >= 0.6 is 22.9 Å². The van der Waals surface area contributed by atoms with Crippen LogP contribution in [0, 0.1) is 6.92 Å². The van der Waals surface area contributed by atoms with Crippen LogP contribution in [0.15, 0.2) is 41.1 Å². The molecule has 3 aromatic rings. The van der Waals surface area contributed by atoms with Crippen LogP contribution in [0.25, 0.3) is 11.3 Å². The predicted octanol–water partition coefficient (Wildman–Crippen LogP) is 4.12. The highest BCUT2D eigenvalue weighted by atomic mass is 35.5. The molecule has 1 aromatic carbocycles. The Balaban J connectivity index is 1.66. The van der Waals surface area contributed by atoms with Crippen molar-refractivity contribution in [3.05, 3.63) is 51.8 Å². The van der Waals surface area contributed by atoms with Crippen molar-refractivity contribution in [1.29, 1.82) is 0 Å². The largest absolute Gasteiger partial charge is 0.484 e. The first-order valence-electron chi connectivity index (χ1n) is 6.89. The van der Waals surface area contributed by atoms with Gasteiger partial charge in [0.15, 0.2) is 6.61 Å². The zero-order valence-corrected chi connectivity index (χ0v) is 13.9. The summed E-state index contributed by atoms with van der Waals surface area (Å²) in [7, 11) is 0. The van der Waals surface area contributed by atoms with E-state index in [1.807, 2.05) is 23.8 Å². The summed E-state index contributed by atoms with van der Waals surface area (Å²) in [6.07, 6.45) is 0. The molecule has 5 nitrogen and oxygen atoms in total. The van der Waals surface area contributed by atoms with Crippen molar-refractivity contribution in [3.8, 4) is 17.0 Å². The van der Waals surface area contributed by atoms with Crippen LogP contribution in [0.4, 0.5) is 5.69 Å². The second-order valence-electron chi connectivity index (χ2n) is 4.88. The molecule has 0 atom stereocenters. The van der Waals surface area contributed by atoms with Crippen molar-refractivity contribution < 1.29 is 9.53 Å². The summed E-state index contributed by atoms with van der Waals surface area (Å²) < 4.78 is 5.44.